The highest BCUT2D eigenvalue weighted by molar-refractivity contribution is 9.10. The Morgan fingerprint density at radius 2 is 1.67 bits per heavy atom. The van der Waals surface area contributed by atoms with E-state index in [9.17, 15) is 13.2 Å². The SMILES string of the molecule is CC(C)Sc1cc2c(cc1NS(=O)(=O)c1ccccc1Br)n(C)c(=O)n2C. The number of hydrogen-bond acceptors (Lipinski definition) is 4. The first-order valence-corrected chi connectivity index (χ1v) is 11.4. The first-order chi connectivity index (χ1) is 12.6. The van der Waals surface area contributed by atoms with Crippen LogP contribution in [0.1, 0.15) is 13.8 Å². The lowest BCUT2D eigenvalue weighted by atomic mass is 10.3. The quantitative estimate of drug-likeness (QED) is 0.574. The van der Waals surface area contributed by atoms with Gasteiger partial charge in [0, 0.05) is 28.7 Å². The van der Waals surface area contributed by atoms with Crippen molar-refractivity contribution < 1.29 is 8.42 Å². The smallest absolute Gasteiger partial charge is 0.295 e. The molecule has 3 aromatic rings. The van der Waals surface area contributed by atoms with E-state index >= 15 is 0 Å². The number of aromatic nitrogens is 2. The van der Waals surface area contributed by atoms with Crippen molar-refractivity contribution in [3.63, 3.8) is 0 Å². The molecule has 0 atom stereocenters. The lowest BCUT2D eigenvalue weighted by Crippen LogP contribution is -2.19. The molecule has 0 bridgehead atoms. The van der Waals surface area contributed by atoms with Gasteiger partial charge in [-0.3, -0.25) is 13.9 Å². The third-order valence-corrected chi connectivity index (χ3v) is 7.55. The molecular weight excluding hydrogens is 450 g/mol. The third-order valence-electron chi connectivity index (χ3n) is 4.11. The second-order valence-electron chi connectivity index (χ2n) is 6.44. The average molecular weight is 470 g/mol. The largest absolute Gasteiger partial charge is 0.328 e. The van der Waals surface area contributed by atoms with E-state index < -0.39 is 10.0 Å². The van der Waals surface area contributed by atoms with Gasteiger partial charge in [0.15, 0.2) is 0 Å². The van der Waals surface area contributed by atoms with E-state index in [1.807, 2.05) is 19.9 Å². The van der Waals surface area contributed by atoms with Crippen molar-refractivity contribution in [3.05, 3.63) is 51.4 Å². The summed E-state index contributed by atoms with van der Waals surface area (Å²) in [6, 6.07) is 10.2. The maximum atomic E-state index is 12.9. The predicted octanol–water partition coefficient (Wildman–Crippen LogP) is 3.94. The number of sulfonamides is 1. The average Bonchev–Trinajstić information content (AvgIpc) is 2.79. The van der Waals surface area contributed by atoms with Crippen LogP contribution < -0.4 is 10.4 Å². The van der Waals surface area contributed by atoms with Crippen molar-refractivity contribution in [2.75, 3.05) is 4.72 Å². The van der Waals surface area contributed by atoms with Crippen LogP contribution in [0.15, 0.2) is 55.5 Å². The van der Waals surface area contributed by atoms with Crippen molar-refractivity contribution >= 4 is 54.4 Å². The number of aryl methyl sites for hydroxylation is 2. The molecule has 3 rings (SSSR count). The van der Waals surface area contributed by atoms with Crippen LogP contribution in [-0.2, 0) is 24.1 Å². The summed E-state index contributed by atoms with van der Waals surface area (Å²) >= 11 is 4.84. The molecular formula is C18H20BrN3O3S2. The molecule has 144 valence electrons. The van der Waals surface area contributed by atoms with Crippen LogP contribution in [0, 0.1) is 0 Å². The summed E-state index contributed by atoms with van der Waals surface area (Å²) in [4.78, 5) is 13.2. The van der Waals surface area contributed by atoms with Crippen LogP contribution in [0.2, 0.25) is 0 Å². The van der Waals surface area contributed by atoms with Crippen LogP contribution in [0.5, 0.6) is 0 Å². The molecule has 0 aliphatic heterocycles. The zero-order chi connectivity index (χ0) is 19.9. The van der Waals surface area contributed by atoms with Gasteiger partial charge < -0.3 is 0 Å². The van der Waals surface area contributed by atoms with E-state index in [0.29, 0.717) is 15.7 Å². The first-order valence-electron chi connectivity index (χ1n) is 8.25. The number of rotatable bonds is 5. The van der Waals surface area contributed by atoms with Crippen LogP contribution in [0.3, 0.4) is 0 Å². The van der Waals surface area contributed by atoms with Crippen LogP contribution >= 0.6 is 27.7 Å². The molecule has 0 fully saturated rings. The molecule has 1 N–H and O–H groups in total. The molecule has 0 saturated heterocycles. The molecule has 0 radical (unpaired) electrons. The molecule has 2 aromatic carbocycles. The minimum absolute atomic E-state index is 0.156. The van der Waals surface area contributed by atoms with E-state index in [2.05, 4.69) is 20.7 Å². The summed E-state index contributed by atoms with van der Waals surface area (Å²) in [5, 5.41) is 0.245. The second kappa shape index (κ2) is 7.37. The number of hydrogen-bond donors (Lipinski definition) is 1. The molecule has 9 heteroatoms. The molecule has 1 heterocycles. The van der Waals surface area contributed by atoms with Gasteiger partial charge in [0.2, 0.25) is 0 Å². The third kappa shape index (κ3) is 3.81. The molecule has 0 amide bonds. The zero-order valence-electron chi connectivity index (χ0n) is 15.4. The minimum Gasteiger partial charge on any atom is -0.295 e. The van der Waals surface area contributed by atoms with Gasteiger partial charge in [0.25, 0.3) is 10.0 Å². The van der Waals surface area contributed by atoms with Gasteiger partial charge in [0.1, 0.15) is 4.90 Å². The summed E-state index contributed by atoms with van der Waals surface area (Å²) in [6.45, 7) is 4.07. The number of nitrogens with one attached hydrogen (secondary N) is 1. The Bertz CT molecular complexity index is 1180. The summed E-state index contributed by atoms with van der Waals surface area (Å²) in [7, 11) is -0.411. The van der Waals surface area contributed by atoms with Gasteiger partial charge >= 0.3 is 5.69 Å². The molecule has 0 saturated carbocycles. The number of imidazole rings is 1. The highest BCUT2D eigenvalue weighted by Gasteiger charge is 2.21. The van der Waals surface area contributed by atoms with Gasteiger partial charge in [-0.25, -0.2) is 13.2 Å². The van der Waals surface area contributed by atoms with Crippen molar-refractivity contribution in [2.45, 2.75) is 28.9 Å². The maximum Gasteiger partial charge on any atom is 0.328 e. The van der Waals surface area contributed by atoms with E-state index in [1.54, 1.807) is 60.8 Å². The summed E-state index contributed by atoms with van der Waals surface area (Å²) in [5.41, 5.74) is 1.73. The highest BCUT2D eigenvalue weighted by atomic mass is 79.9. The topological polar surface area (TPSA) is 73.1 Å². The summed E-state index contributed by atoms with van der Waals surface area (Å²) in [6.07, 6.45) is 0. The van der Waals surface area contributed by atoms with Crippen LogP contribution in [0.4, 0.5) is 5.69 Å². The van der Waals surface area contributed by atoms with Crippen molar-refractivity contribution in [1.82, 2.24) is 9.13 Å². The second-order valence-corrected chi connectivity index (χ2v) is 10.6. The van der Waals surface area contributed by atoms with E-state index in [0.717, 1.165) is 10.4 Å². The van der Waals surface area contributed by atoms with E-state index in [1.165, 1.54) is 4.57 Å². The molecule has 27 heavy (non-hydrogen) atoms. The Morgan fingerprint density at radius 3 is 2.26 bits per heavy atom. The number of anilines is 1. The van der Waals surface area contributed by atoms with Crippen molar-refractivity contribution in [2.24, 2.45) is 14.1 Å². The summed E-state index contributed by atoms with van der Waals surface area (Å²) < 4.78 is 32.1. The first kappa shape index (κ1) is 20.0. The molecule has 0 spiro atoms. The lowest BCUT2D eigenvalue weighted by molar-refractivity contribution is 0.600. The van der Waals surface area contributed by atoms with Gasteiger partial charge in [-0.15, -0.1) is 11.8 Å². The van der Waals surface area contributed by atoms with Gasteiger partial charge in [-0.1, -0.05) is 26.0 Å². The van der Waals surface area contributed by atoms with Gasteiger partial charge in [-0.2, -0.15) is 0 Å². The predicted molar refractivity (Wildman–Crippen MR) is 114 cm³/mol. The van der Waals surface area contributed by atoms with Crippen molar-refractivity contribution in [3.8, 4) is 0 Å². The number of benzene rings is 2. The van der Waals surface area contributed by atoms with Crippen LogP contribution in [-0.4, -0.2) is 22.8 Å². The molecule has 0 aliphatic carbocycles. The fraction of sp³-hybridized carbons (Fsp3) is 0.278. The Balaban J connectivity index is 2.19. The van der Waals surface area contributed by atoms with Gasteiger partial charge in [0.05, 0.1) is 16.7 Å². The highest BCUT2D eigenvalue weighted by Crippen LogP contribution is 2.35. The number of halogens is 1. The Hall–Kier alpha value is -1.71. The normalized spacial score (nSPS) is 12.1. The fourth-order valence-electron chi connectivity index (χ4n) is 2.82. The Labute approximate surface area is 170 Å². The molecule has 0 aliphatic rings. The number of fused-ring (bicyclic) bond motifs is 1. The van der Waals surface area contributed by atoms with Crippen molar-refractivity contribution in [1.29, 1.82) is 0 Å². The Kier molecular flexibility index (Phi) is 5.47. The number of nitrogens with zero attached hydrogens (tertiary/aromatic N) is 2. The minimum atomic E-state index is -3.79. The van der Waals surface area contributed by atoms with E-state index in [-0.39, 0.29) is 15.8 Å². The lowest BCUT2D eigenvalue weighted by Gasteiger charge is -2.15. The standard InChI is InChI=1S/C18H20BrN3O3S2/c1-11(2)26-16-10-15-14(21(3)18(23)22(15)4)9-13(16)20-27(24,25)17-8-6-5-7-12(17)19/h5-11,20H,1-4H3. The zero-order valence-corrected chi connectivity index (χ0v) is 18.6. The monoisotopic (exact) mass is 469 g/mol. The summed E-state index contributed by atoms with van der Waals surface area (Å²) in [5.74, 6) is 0. The molecule has 1 aromatic heterocycles. The molecule has 0 unspecified atom stereocenters. The maximum absolute atomic E-state index is 12.9. The fourth-order valence-corrected chi connectivity index (χ4v) is 5.88. The van der Waals surface area contributed by atoms with Gasteiger partial charge in [-0.05, 0) is 40.2 Å². The number of thioether (sulfide) groups is 1. The Morgan fingerprint density at radius 1 is 1.07 bits per heavy atom. The van der Waals surface area contributed by atoms with E-state index in [4.69, 9.17) is 0 Å². The molecule has 6 nitrogen and oxygen atoms in total. The van der Waals surface area contributed by atoms with Crippen LogP contribution in [0.25, 0.3) is 11.0 Å².